The van der Waals surface area contributed by atoms with Gasteiger partial charge in [-0.3, -0.25) is 25.1 Å². The molecule has 11 nitrogen and oxygen atoms in total. The van der Waals surface area contributed by atoms with Crippen LogP contribution in [0.5, 0.6) is 5.75 Å². The molecule has 3 heterocycles. The van der Waals surface area contributed by atoms with E-state index in [0.717, 1.165) is 17.0 Å². The number of nitrogens with zero attached hydrogens (tertiary/aromatic N) is 3. The highest BCUT2D eigenvalue weighted by molar-refractivity contribution is 7.13. The third-order valence-corrected chi connectivity index (χ3v) is 7.40. The predicted octanol–water partition coefficient (Wildman–Crippen LogP) is 3.90. The molecule has 1 aromatic carbocycles. The number of hydrogen-bond acceptors (Lipinski definition) is 8. The molecule has 2 atom stereocenters. The molecule has 0 saturated carbocycles. The molecule has 4 amide bonds. The van der Waals surface area contributed by atoms with Crippen LogP contribution in [-0.4, -0.2) is 50.5 Å². The Bertz CT molecular complexity index is 1330. The summed E-state index contributed by atoms with van der Waals surface area (Å²) in [4.78, 5) is 49.5. The van der Waals surface area contributed by atoms with Crippen molar-refractivity contribution in [1.29, 1.82) is 0 Å². The van der Waals surface area contributed by atoms with Gasteiger partial charge in [0.25, 0.3) is 11.8 Å². The van der Waals surface area contributed by atoms with Crippen molar-refractivity contribution in [1.82, 2.24) is 25.7 Å². The second kappa shape index (κ2) is 12.4. The van der Waals surface area contributed by atoms with Crippen LogP contribution in [0.1, 0.15) is 49.2 Å². The van der Waals surface area contributed by atoms with Crippen molar-refractivity contribution >= 4 is 34.3 Å². The Morgan fingerprint density at radius 2 is 1.88 bits per heavy atom. The van der Waals surface area contributed by atoms with E-state index in [1.807, 2.05) is 39.8 Å². The first-order chi connectivity index (χ1) is 19.1. The predicted molar refractivity (Wildman–Crippen MR) is 150 cm³/mol. The number of rotatable bonds is 10. The van der Waals surface area contributed by atoms with Crippen LogP contribution in [0.25, 0.3) is 0 Å². The molecule has 0 spiro atoms. The Kier molecular flexibility index (Phi) is 9.00. The molecule has 0 bridgehead atoms. The number of carbonyl (C=O) groups excluding carboxylic acids is 3. The average Bonchev–Trinajstić information content (AvgIpc) is 3.53. The zero-order valence-corrected chi connectivity index (χ0v) is 23.7. The maximum atomic E-state index is 14.0. The number of urea groups is 1. The summed E-state index contributed by atoms with van der Waals surface area (Å²) in [5, 5.41) is 17.0. The van der Waals surface area contributed by atoms with Crippen LogP contribution in [-0.2, 0) is 21.7 Å². The SMILES string of the molecule is Cc1cc(COc2ccc(C3(NC(=O)Nc4nccs4)CCN(C(CC(C)C)C(=O)NO)C3=O)cc2)cc(C)n1. The average molecular weight is 567 g/mol. The van der Waals surface area contributed by atoms with E-state index in [9.17, 15) is 19.6 Å². The van der Waals surface area contributed by atoms with E-state index >= 15 is 0 Å². The van der Waals surface area contributed by atoms with E-state index < -0.39 is 29.4 Å². The van der Waals surface area contributed by atoms with Crippen molar-refractivity contribution in [3.63, 3.8) is 0 Å². The van der Waals surface area contributed by atoms with E-state index in [-0.39, 0.29) is 18.9 Å². The van der Waals surface area contributed by atoms with Gasteiger partial charge in [0, 0.05) is 35.9 Å². The molecule has 40 heavy (non-hydrogen) atoms. The highest BCUT2D eigenvalue weighted by atomic mass is 32.1. The molecule has 0 aliphatic carbocycles. The van der Waals surface area contributed by atoms with E-state index in [1.54, 1.807) is 41.3 Å². The molecule has 4 N–H and O–H groups in total. The first kappa shape index (κ1) is 29.0. The van der Waals surface area contributed by atoms with E-state index in [4.69, 9.17) is 4.74 Å². The molecular formula is C28H34N6O5S. The molecule has 212 valence electrons. The molecule has 4 rings (SSSR count). The maximum Gasteiger partial charge on any atom is 0.322 e. The van der Waals surface area contributed by atoms with Gasteiger partial charge in [-0.1, -0.05) is 26.0 Å². The van der Waals surface area contributed by atoms with Crippen molar-refractivity contribution in [3.8, 4) is 5.75 Å². The van der Waals surface area contributed by atoms with Gasteiger partial charge in [0.2, 0.25) is 0 Å². The summed E-state index contributed by atoms with van der Waals surface area (Å²) >= 11 is 1.25. The maximum absolute atomic E-state index is 14.0. The zero-order chi connectivity index (χ0) is 28.9. The van der Waals surface area contributed by atoms with Gasteiger partial charge in [0.05, 0.1) is 0 Å². The number of amides is 4. The quantitative estimate of drug-likeness (QED) is 0.215. The Morgan fingerprint density at radius 1 is 1.18 bits per heavy atom. The number of nitrogens with one attached hydrogen (secondary N) is 3. The summed E-state index contributed by atoms with van der Waals surface area (Å²) in [7, 11) is 0. The van der Waals surface area contributed by atoms with Crippen molar-refractivity contribution in [2.24, 2.45) is 5.92 Å². The zero-order valence-electron chi connectivity index (χ0n) is 22.9. The number of ether oxygens (including phenoxy) is 1. The number of hydrogen-bond donors (Lipinski definition) is 4. The van der Waals surface area contributed by atoms with Crippen LogP contribution in [0.4, 0.5) is 9.93 Å². The summed E-state index contributed by atoms with van der Waals surface area (Å²) in [6, 6.07) is 9.42. The van der Waals surface area contributed by atoms with Gasteiger partial charge >= 0.3 is 6.03 Å². The third-order valence-electron chi connectivity index (χ3n) is 6.71. The number of likely N-dealkylation sites (tertiary alicyclic amines) is 1. The lowest BCUT2D eigenvalue weighted by Gasteiger charge is -2.32. The summed E-state index contributed by atoms with van der Waals surface area (Å²) in [6.07, 6.45) is 2.14. The second-order valence-electron chi connectivity index (χ2n) is 10.3. The fourth-order valence-electron chi connectivity index (χ4n) is 5.01. The normalized spacial score (nSPS) is 17.6. The molecule has 1 aliphatic heterocycles. The Labute approximate surface area is 236 Å². The van der Waals surface area contributed by atoms with E-state index in [1.165, 1.54) is 16.2 Å². The summed E-state index contributed by atoms with van der Waals surface area (Å²) in [6.45, 7) is 8.28. The van der Waals surface area contributed by atoms with Gasteiger partial charge in [-0.15, -0.1) is 11.3 Å². The van der Waals surface area contributed by atoms with Gasteiger partial charge in [0.1, 0.15) is 23.9 Å². The molecule has 0 radical (unpaired) electrons. The number of hydroxylamine groups is 1. The first-order valence-corrected chi connectivity index (χ1v) is 13.9. The van der Waals surface area contributed by atoms with Crippen LogP contribution >= 0.6 is 11.3 Å². The van der Waals surface area contributed by atoms with Crippen molar-refractivity contribution in [3.05, 3.63) is 70.5 Å². The number of benzene rings is 1. The highest BCUT2D eigenvalue weighted by Crippen LogP contribution is 2.37. The highest BCUT2D eigenvalue weighted by Gasteiger charge is 2.52. The minimum Gasteiger partial charge on any atom is -0.489 e. The van der Waals surface area contributed by atoms with E-state index in [0.29, 0.717) is 29.5 Å². The number of thiazole rings is 1. The fourth-order valence-corrected chi connectivity index (χ4v) is 5.53. The Balaban J connectivity index is 1.60. The van der Waals surface area contributed by atoms with Crippen LogP contribution in [0.15, 0.2) is 48.0 Å². The molecule has 1 saturated heterocycles. The van der Waals surface area contributed by atoms with Crippen LogP contribution in [0.3, 0.4) is 0 Å². The van der Waals surface area contributed by atoms with Crippen molar-refractivity contribution < 1.29 is 24.3 Å². The molecule has 1 fully saturated rings. The van der Waals surface area contributed by atoms with Crippen molar-refractivity contribution in [2.75, 3.05) is 11.9 Å². The van der Waals surface area contributed by atoms with Crippen LogP contribution < -0.4 is 20.9 Å². The van der Waals surface area contributed by atoms with E-state index in [2.05, 4.69) is 20.6 Å². The van der Waals surface area contributed by atoms with Crippen LogP contribution in [0.2, 0.25) is 0 Å². The van der Waals surface area contributed by atoms with Crippen LogP contribution in [0, 0.1) is 19.8 Å². The number of aryl methyl sites for hydroxylation is 2. The topological polar surface area (TPSA) is 146 Å². The molecule has 12 heteroatoms. The summed E-state index contributed by atoms with van der Waals surface area (Å²) < 4.78 is 5.97. The summed E-state index contributed by atoms with van der Waals surface area (Å²) in [5.74, 6) is -0.434. The molecule has 2 unspecified atom stereocenters. The number of anilines is 1. The minimum atomic E-state index is -1.44. The number of aromatic nitrogens is 2. The largest absolute Gasteiger partial charge is 0.489 e. The van der Waals surface area contributed by atoms with Gasteiger partial charge < -0.3 is 15.0 Å². The molecular weight excluding hydrogens is 532 g/mol. The smallest absolute Gasteiger partial charge is 0.322 e. The minimum absolute atomic E-state index is 0.0793. The molecule has 3 aromatic rings. The summed E-state index contributed by atoms with van der Waals surface area (Å²) in [5.41, 5.74) is 3.61. The molecule has 2 aromatic heterocycles. The lowest BCUT2D eigenvalue weighted by Crippen LogP contribution is -2.56. The number of pyridine rings is 1. The number of carbonyl (C=O) groups is 3. The lowest BCUT2D eigenvalue weighted by atomic mass is 9.88. The lowest BCUT2D eigenvalue weighted by molar-refractivity contribution is -0.145. The van der Waals surface area contributed by atoms with Gasteiger partial charge in [-0.25, -0.2) is 15.3 Å². The first-order valence-electron chi connectivity index (χ1n) is 13.0. The third kappa shape index (κ3) is 6.57. The Morgan fingerprint density at radius 3 is 2.48 bits per heavy atom. The molecule has 1 aliphatic rings. The van der Waals surface area contributed by atoms with Gasteiger partial charge in [-0.2, -0.15) is 0 Å². The second-order valence-corrected chi connectivity index (χ2v) is 11.2. The van der Waals surface area contributed by atoms with Gasteiger partial charge in [-0.05, 0) is 61.6 Å². The van der Waals surface area contributed by atoms with Gasteiger partial charge in [0.15, 0.2) is 5.13 Å². The van der Waals surface area contributed by atoms with Crippen molar-refractivity contribution in [2.45, 2.75) is 58.7 Å². The Hall–Kier alpha value is -4.03. The fraction of sp³-hybridized carbons (Fsp3) is 0.393. The monoisotopic (exact) mass is 566 g/mol. The standard InChI is InChI=1S/C28H34N6O5S/c1-17(2)13-23(24(35)33-38)34-11-9-28(25(34)36,32-26(37)31-27-29-10-12-40-27)21-5-7-22(8-6-21)39-16-20-14-18(3)30-19(4)15-20/h5-8,10,12,14-15,17,23,38H,9,11,13,16H2,1-4H3,(H,33,35)(H2,29,31,32,37).